The molecule has 2 aromatic carbocycles. The summed E-state index contributed by atoms with van der Waals surface area (Å²) >= 11 is 0. The van der Waals surface area contributed by atoms with E-state index in [4.69, 9.17) is 5.11 Å². The standard InChI is InChI=1S/C23H26N2O2.C2H6/c1-16(27)23-24-10-11-25(23)14-17-2-6-19(7-3-17)21-12-22(13-21)20-8-4-18(15-26)5-9-20;1-2/h2-11,16,21-22,26-27H,12-15H2,1H3;1-2H3. The molecule has 4 rings (SSSR count). The van der Waals surface area contributed by atoms with Crippen molar-refractivity contribution in [3.8, 4) is 0 Å². The molecule has 4 heteroatoms. The Morgan fingerprint density at radius 2 is 1.45 bits per heavy atom. The van der Waals surface area contributed by atoms with Crippen molar-refractivity contribution in [3.05, 3.63) is 89.0 Å². The predicted octanol–water partition coefficient (Wildman–Crippen LogP) is 5.16. The number of nitrogens with zero attached hydrogens (tertiary/aromatic N) is 2. The van der Waals surface area contributed by atoms with E-state index in [1.807, 2.05) is 36.7 Å². The lowest BCUT2D eigenvalue weighted by Crippen LogP contribution is -2.20. The second kappa shape index (κ2) is 9.86. The molecule has 1 heterocycles. The highest BCUT2D eigenvalue weighted by atomic mass is 16.3. The van der Waals surface area contributed by atoms with Gasteiger partial charge in [-0.2, -0.15) is 0 Å². The molecule has 1 aromatic heterocycles. The number of aliphatic hydroxyl groups is 2. The maximum Gasteiger partial charge on any atom is 0.137 e. The van der Waals surface area contributed by atoms with E-state index in [1.165, 1.54) is 29.5 Å². The Balaban J connectivity index is 0.00000117. The molecule has 0 bridgehead atoms. The van der Waals surface area contributed by atoms with E-state index < -0.39 is 6.10 Å². The smallest absolute Gasteiger partial charge is 0.137 e. The average Bonchev–Trinajstić information content (AvgIpc) is 3.19. The molecule has 2 N–H and O–H groups in total. The van der Waals surface area contributed by atoms with Crippen LogP contribution in [0.25, 0.3) is 0 Å². The van der Waals surface area contributed by atoms with Crippen LogP contribution in [0.1, 0.15) is 79.6 Å². The third kappa shape index (κ3) is 4.95. The van der Waals surface area contributed by atoms with E-state index in [2.05, 4.69) is 41.4 Å². The molecule has 0 aliphatic heterocycles. The third-order valence-corrected chi connectivity index (χ3v) is 5.70. The van der Waals surface area contributed by atoms with Gasteiger partial charge in [-0.25, -0.2) is 4.98 Å². The average molecular weight is 393 g/mol. The predicted molar refractivity (Wildman–Crippen MR) is 117 cm³/mol. The molecule has 1 atom stereocenters. The zero-order chi connectivity index (χ0) is 20.8. The minimum absolute atomic E-state index is 0.109. The Kier molecular flexibility index (Phi) is 7.24. The molecule has 1 fully saturated rings. The summed E-state index contributed by atoms with van der Waals surface area (Å²) in [6, 6.07) is 17.2. The molecule has 29 heavy (non-hydrogen) atoms. The highest BCUT2D eigenvalue weighted by Gasteiger charge is 2.31. The van der Waals surface area contributed by atoms with Gasteiger partial charge in [-0.3, -0.25) is 0 Å². The largest absolute Gasteiger partial charge is 0.392 e. The van der Waals surface area contributed by atoms with Crippen LogP contribution in [0.15, 0.2) is 60.9 Å². The van der Waals surface area contributed by atoms with Gasteiger partial charge >= 0.3 is 0 Å². The molecule has 1 saturated carbocycles. The van der Waals surface area contributed by atoms with Gasteiger partial charge in [0.15, 0.2) is 0 Å². The van der Waals surface area contributed by atoms with Crippen molar-refractivity contribution < 1.29 is 10.2 Å². The number of aliphatic hydroxyl groups excluding tert-OH is 2. The fourth-order valence-corrected chi connectivity index (χ4v) is 3.97. The third-order valence-electron chi connectivity index (χ3n) is 5.70. The van der Waals surface area contributed by atoms with Gasteiger partial charge in [-0.15, -0.1) is 0 Å². The Bertz CT molecular complexity index is 876. The fraction of sp³-hybridized carbons (Fsp3) is 0.400. The van der Waals surface area contributed by atoms with Crippen LogP contribution < -0.4 is 0 Å². The Morgan fingerprint density at radius 3 is 1.93 bits per heavy atom. The molecule has 1 aliphatic carbocycles. The van der Waals surface area contributed by atoms with Gasteiger partial charge in [0.25, 0.3) is 0 Å². The van der Waals surface area contributed by atoms with E-state index in [9.17, 15) is 5.11 Å². The van der Waals surface area contributed by atoms with E-state index in [1.54, 1.807) is 13.1 Å². The van der Waals surface area contributed by atoms with Gasteiger partial charge in [0.05, 0.1) is 6.61 Å². The number of imidazole rings is 1. The molecule has 154 valence electrons. The van der Waals surface area contributed by atoms with Gasteiger partial charge in [0, 0.05) is 18.9 Å². The van der Waals surface area contributed by atoms with E-state index in [0.29, 0.717) is 17.7 Å². The normalized spacial score (nSPS) is 19.1. The van der Waals surface area contributed by atoms with Gasteiger partial charge in [-0.1, -0.05) is 62.4 Å². The number of rotatable bonds is 6. The van der Waals surface area contributed by atoms with Crippen LogP contribution in [-0.2, 0) is 13.2 Å². The van der Waals surface area contributed by atoms with E-state index in [-0.39, 0.29) is 6.61 Å². The Hall–Kier alpha value is -2.43. The lowest BCUT2D eigenvalue weighted by molar-refractivity contribution is 0.184. The Morgan fingerprint density at radius 1 is 0.931 bits per heavy atom. The summed E-state index contributed by atoms with van der Waals surface area (Å²) in [5, 5.41) is 18.9. The van der Waals surface area contributed by atoms with Crippen molar-refractivity contribution in [2.75, 3.05) is 0 Å². The molecule has 0 spiro atoms. The number of hydrogen-bond acceptors (Lipinski definition) is 3. The highest BCUT2D eigenvalue weighted by molar-refractivity contribution is 5.32. The van der Waals surface area contributed by atoms with Crippen molar-refractivity contribution in [1.29, 1.82) is 0 Å². The summed E-state index contributed by atoms with van der Waals surface area (Å²) in [6.07, 6.45) is 5.46. The molecule has 0 amide bonds. The summed E-state index contributed by atoms with van der Waals surface area (Å²) in [5.41, 5.74) is 4.98. The molecule has 1 unspecified atom stereocenters. The minimum Gasteiger partial charge on any atom is -0.392 e. The monoisotopic (exact) mass is 392 g/mol. The molecular formula is C25H32N2O2. The maximum atomic E-state index is 9.78. The summed E-state index contributed by atoms with van der Waals surface area (Å²) in [6.45, 7) is 6.58. The second-order valence-electron chi connectivity index (χ2n) is 7.60. The molecule has 1 aliphatic rings. The summed E-state index contributed by atoms with van der Waals surface area (Å²) in [5.74, 6) is 1.96. The molecule has 0 saturated heterocycles. The van der Waals surface area contributed by atoms with Crippen LogP contribution in [0.3, 0.4) is 0 Å². The van der Waals surface area contributed by atoms with Crippen molar-refractivity contribution in [2.45, 2.75) is 64.7 Å². The van der Waals surface area contributed by atoms with Crippen molar-refractivity contribution in [3.63, 3.8) is 0 Å². The van der Waals surface area contributed by atoms with Crippen molar-refractivity contribution >= 4 is 0 Å². The maximum absolute atomic E-state index is 9.78. The number of benzene rings is 2. The summed E-state index contributed by atoms with van der Waals surface area (Å²) in [7, 11) is 0. The first-order chi connectivity index (χ1) is 14.1. The van der Waals surface area contributed by atoms with Crippen LogP contribution in [0.4, 0.5) is 0 Å². The fourth-order valence-electron chi connectivity index (χ4n) is 3.97. The minimum atomic E-state index is -0.558. The first-order valence-corrected chi connectivity index (χ1v) is 10.6. The van der Waals surface area contributed by atoms with Gasteiger partial charge in [-0.05, 0) is 53.9 Å². The lowest BCUT2D eigenvalue weighted by Gasteiger charge is -2.36. The topological polar surface area (TPSA) is 58.3 Å². The zero-order valence-electron chi connectivity index (χ0n) is 17.6. The van der Waals surface area contributed by atoms with Crippen molar-refractivity contribution in [2.24, 2.45) is 0 Å². The molecule has 0 radical (unpaired) electrons. The summed E-state index contributed by atoms with van der Waals surface area (Å²) < 4.78 is 2.00. The van der Waals surface area contributed by atoms with Gasteiger partial charge in [0.1, 0.15) is 11.9 Å². The number of aromatic nitrogens is 2. The first kappa shape index (κ1) is 21.3. The van der Waals surface area contributed by atoms with E-state index in [0.717, 1.165) is 12.1 Å². The van der Waals surface area contributed by atoms with E-state index >= 15 is 0 Å². The number of hydrogen-bond donors (Lipinski definition) is 2. The summed E-state index contributed by atoms with van der Waals surface area (Å²) in [4.78, 5) is 4.23. The quantitative estimate of drug-likeness (QED) is 0.609. The lowest BCUT2D eigenvalue weighted by atomic mass is 9.68. The van der Waals surface area contributed by atoms with Gasteiger partial charge in [0.2, 0.25) is 0 Å². The van der Waals surface area contributed by atoms with Crippen LogP contribution in [0.5, 0.6) is 0 Å². The molecule has 4 nitrogen and oxygen atoms in total. The SMILES string of the molecule is CC.CC(O)c1nccn1Cc1ccc(C2CC(c3ccc(CO)cc3)C2)cc1. The Labute approximate surface area is 173 Å². The van der Waals surface area contributed by atoms with Crippen LogP contribution in [0.2, 0.25) is 0 Å². The zero-order valence-corrected chi connectivity index (χ0v) is 17.6. The van der Waals surface area contributed by atoms with Crippen molar-refractivity contribution in [1.82, 2.24) is 9.55 Å². The molecular weight excluding hydrogens is 360 g/mol. The molecule has 3 aromatic rings. The van der Waals surface area contributed by atoms with Crippen LogP contribution >= 0.6 is 0 Å². The first-order valence-electron chi connectivity index (χ1n) is 10.6. The van der Waals surface area contributed by atoms with Crippen LogP contribution in [-0.4, -0.2) is 19.8 Å². The highest BCUT2D eigenvalue weighted by Crippen LogP contribution is 2.47. The second-order valence-corrected chi connectivity index (χ2v) is 7.60. The van der Waals surface area contributed by atoms with Crippen LogP contribution in [0, 0.1) is 0 Å². The van der Waals surface area contributed by atoms with Gasteiger partial charge < -0.3 is 14.8 Å².